The Labute approximate surface area is 292 Å². The number of pyridine rings is 1. The van der Waals surface area contributed by atoms with E-state index in [2.05, 4.69) is 15.6 Å². The second-order valence-corrected chi connectivity index (χ2v) is 14.3. The number of rotatable bonds is 13. The minimum Gasteiger partial charge on any atom is -0.465 e. The van der Waals surface area contributed by atoms with Gasteiger partial charge in [-0.05, 0) is 54.4 Å². The van der Waals surface area contributed by atoms with Gasteiger partial charge in [-0.2, -0.15) is 0 Å². The van der Waals surface area contributed by atoms with Crippen LogP contribution in [0.4, 0.5) is 15.3 Å². The number of ether oxygens (including phenoxy) is 1. The first-order valence-corrected chi connectivity index (χ1v) is 17.2. The molecule has 3 heterocycles. The molecule has 0 aliphatic heterocycles. The Morgan fingerprint density at radius 1 is 1.02 bits per heavy atom. The first-order chi connectivity index (χ1) is 23.9. The van der Waals surface area contributed by atoms with Crippen LogP contribution in [0.5, 0.6) is 0 Å². The second kappa shape index (κ2) is 16.2. The van der Waals surface area contributed by atoms with Crippen molar-refractivity contribution in [2.45, 2.75) is 96.4 Å². The lowest BCUT2D eigenvalue weighted by molar-refractivity contribution is -0.126. The van der Waals surface area contributed by atoms with Gasteiger partial charge < -0.3 is 34.4 Å². The number of fused-ring (bicyclic) bond motifs is 1. The summed E-state index contributed by atoms with van der Waals surface area (Å²) < 4.78 is 15.7. The first-order valence-electron chi connectivity index (χ1n) is 17.2. The molecule has 268 valence electrons. The van der Waals surface area contributed by atoms with E-state index in [0.29, 0.717) is 23.9 Å². The Bertz CT molecular complexity index is 1710. The fourth-order valence-electron chi connectivity index (χ4n) is 6.97. The van der Waals surface area contributed by atoms with E-state index in [1.54, 1.807) is 12.3 Å². The number of carbonyl (C=O) groups is 3. The van der Waals surface area contributed by atoms with Crippen LogP contribution in [0.1, 0.15) is 71.3 Å². The van der Waals surface area contributed by atoms with Crippen molar-refractivity contribution in [2.24, 2.45) is 11.3 Å². The van der Waals surface area contributed by atoms with Crippen molar-refractivity contribution in [3.8, 4) is 11.3 Å². The van der Waals surface area contributed by atoms with Crippen LogP contribution in [-0.2, 0) is 16.0 Å². The molecule has 3 amide bonds. The van der Waals surface area contributed by atoms with Crippen LogP contribution in [0.2, 0.25) is 0 Å². The number of nitrogens with zero attached hydrogens (tertiary/aromatic N) is 2. The van der Waals surface area contributed by atoms with E-state index in [9.17, 15) is 24.6 Å². The van der Waals surface area contributed by atoms with Crippen LogP contribution in [-0.4, -0.2) is 64.6 Å². The van der Waals surface area contributed by atoms with Crippen molar-refractivity contribution in [1.29, 1.82) is 0 Å². The maximum atomic E-state index is 13.9. The number of alkyl carbamates (subject to hydrolysis) is 1. The summed E-state index contributed by atoms with van der Waals surface area (Å²) in [6.07, 6.45) is 7.29. The molecule has 1 aromatic carbocycles. The standard InChI is InChI=1S/C38H48N4O8/c1-38(2,3)33(41-36(45)48-4)34(44)40-27(20-25-13-15-26(16-14-25)29-12-8-9-18-39-29)22-32(43)30(21-24-10-6-5-7-11-24)42(37(46)47)31-23-50-35-28(31)17-19-49-35/h8-9,12-19,23-24,27,30,32-33,43H,5-7,10-11,20-22H2,1-4H3,(H,40,44)(H,41,45)(H,46,47)/t27-,30+,32+,33-/m1/s1. The molecule has 12 heteroatoms. The van der Waals surface area contributed by atoms with Crippen molar-refractivity contribution in [2.75, 3.05) is 12.0 Å². The number of furan rings is 2. The highest BCUT2D eigenvalue weighted by Crippen LogP contribution is 2.36. The fraction of sp³-hybridized carbons (Fsp3) is 0.474. The van der Waals surface area contributed by atoms with Crippen molar-refractivity contribution >= 4 is 34.9 Å². The van der Waals surface area contributed by atoms with Crippen LogP contribution in [0, 0.1) is 11.3 Å². The summed E-state index contributed by atoms with van der Waals surface area (Å²) in [6, 6.07) is 12.7. The Balaban J connectivity index is 1.46. The number of amides is 3. The van der Waals surface area contributed by atoms with E-state index in [0.717, 1.165) is 48.9 Å². The van der Waals surface area contributed by atoms with E-state index in [4.69, 9.17) is 13.6 Å². The number of anilines is 1. The Kier molecular flexibility index (Phi) is 11.8. The molecule has 5 rings (SSSR count). The van der Waals surface area contributed by atoms with E-state index in [1.807, 2.05) is 63.2 Å². The van der Waals surface area contributed by atoms with Crippen LogP contribution < -0.4 is 15.5 Å². The van der Waals surface area contributed by atoms with E-state index >= 15 is 0 Å². The number of carbonyl (C=O) groups excluding carboxylic acids is 2. The largest absolute Gasteiger partial charge is 0.465 e. The molecule has 12 nitrogen and oxygen atoms in total. The van der Waals surface area contributed by atoms with Crippen molar-refractivity contribution in [3.05, 3.63) is 72.8 Å². The van der Waals surface area contributed by atoms with Crippen molar-refractivity contribution < 1.29 is 38.2 Å². The highest BCUT2D eigenvalue weighted by atomic mass is 16.5. The van der Waals surface area contributed by atoms with E-state index < -0.39 is 47.7 Å². The number of hydrogen-bond donors (Lipinski definition) is 4. The van der Waals surface area contributed by atoms with Gasteiger partial charge in [0.1, 0.15) is 12.3 Å². The minimum atomic E-state index is -1.23. The Morgan fingerprint density at radius 2 is 1.76 bits per heavy atom. The van der Waals surface area contributed by atoms with Crippen LogP contribution in [0.25, 0.3) is 22.4 Å². The summed E-state index contributed by atoms with van der Waals surface area (Å²) in [5.41, 5.74) is 2.27. The van der Waals surface area contributed by atoms with Gasteiger partial charge in [0.25, 0.3) is 5.78 Å². The zero-order valence-electron chi connectivity index (χ0n) is 29.1. The molecule has 4 atom stereocenters. The zero-order chi connectivity index (χ0) is 35.8. The normalized spacial score (nSPS) is 16.3. The van der Waals surface area contributed by atoms with Gasteiger partial charge in [-0.3, -0.25) is 14.7 Å². The summed E-state index contributed by atoms with van der Waals surface area (Å²) in [5.74, 6) is -0.0273. The molecular weight excluding hydrogens is 640 g/mol. The molecule has 50 heavy (non-hydrogen) atoms. The topological polar surface area (TPSA) is 167 Å². The lowest BCUT2D eigenvalue weighted by Crippen LogP contribution is -2.57. The van der Waals surface area contributed by atoms with E-state index in [-0.39, 0.29) is 18.1 Å². The third kappa shape index (κ3) is 9.03. The maximum absolute atomic E-state index is 13.9. The Hall–Kier alpha value is -4.84. The van der Waals surface area contributed by atoms with Crippen LogP contribution in [0.15, 0.2) is 76.1 Å². The summed E-state index contributed by atoms with van der Waals surface area (Å²) in [5, 5.41) is 28.9. The summed E-state index contributed by atoms with van der Waals surface area (Å²) in [6.45, 7) is 5.50. The molecule has 4 N–H and O–H groups in total. The van der Waals surface area contributed by atoms with E-state index in [1.165, 1.54) is 24.5 Å². The average Bonchev–Trinajstić information content (AvgIpc) is 3.72. The van der Waals surface area contributed by atoms with Gasteiger partial charge in [0.2, 0.25) is 5.91 Å². The number of carboxylic acid groups (broad SMARTS) is 1. The Morgan fingerprint density at radius 3 is 2.40 bits per heavy atom. The van der Waals surface area contributed by atoms with Crippen LogP contribution in [0.3, 0.4) is 0 Å². The second-order valence-electron chi connectivity index (χ2n) is 14.3. The van der Waals surface area contributed by atoms with Gasteiger partial charge in [-0.1, -0.05) is 83.2 Å². The smallest absolute Gasteiger partial charge is 0.412 e. The lowest BCUT2D eigenvalue weighted by Gasteiger charge is -2.37. The SMILES string of the molecule is COC(=O)N[C@H](C(=O)N[C@H](Cc1ccc(-c2ccccn2)cc1)C[C@H](O)[C@H](CC1CCCCC1)N(C(=O)O)c1coc2occc12)C(C)(C)C. The van der Waals surface area contributed by atoms with Gasteiger partial charge in [0, 0.05) is 17.8 Å². The molecule has 1 saturated carbocycles. The molecular formula is C38H48N4O8. The number of benzene rings is 1. The van der Waals surface area contributed by atoms with Crippen molar-refractivity contribution in [1.82, 2.24) is 15.6 Å². The number of aliphatic hydroxyl groups is 1. The molecule has 4 aromatic rings. The number of aromatic nitrogens is 1. The summed E-state index contributed by atoms with van der Waals surface area (Å²) in [7, 11) is 1.23. The third-order valence-corrected chi connectivity index (χ3v) is 9.57. The zero-order valence-corrected chi connectivity index (χ0v) is 29.1. The number of nitrogens with one attached hydrogen (secondary N) is 2. The van der Waals surface area contributed by atoms with Gasteiger partial charge >= 0.3 is 12.2 Å². The molecule has 3 aromatic heterocycles. The minimum absolute atomic E-state index is 0.0381. The van der Waals surface area contributed by atoms with Crippen LogP contribution >= 0.6 is 0 Å². The van der Waals surface area contributed by atoms with Crippen molar-refractivity contribution in [3.63, 3.8) is 0 Å². The summed E-state index contributed by atoms with van der Waals surface area (Å²) >= 11 is 0. The first kappa shape index (κ1) is 36.4. The molecule has 0 saturated heterocycles. The highest BCUT2D eigenvalue weighted by Gasteiger charge is 2.39. The molecule has 1 fully saturated rings. The molecule has 1 aliphatic rings. The quantitative estimate of drug-likeness (QED) is 0.114. The predicted molar refractivity (Wildman–Crippen MR) is 189 cm³/mol. The predicted octanol–water partition coefficient (Wildman–Crippen LogP) is 7.16. The third-order valence-electron chi connectivity index (χ3n) is 9.57. The molecule has 0 spiro atoms. The molecule has 1 aliphatic carbocycles. The summed E-state index contributed by atoms with van der Waals surface area (Å²) in [4.78, 5) is 44.8. The van der Waals surface area contributed by atoms with Gasteiger partial charge in [0.05, 0.1) is 42.3 Å². The number of aliphatic hydroxyl groups excluding tert-OH is 1. The number of hydrogen-bond acceptors (Lipinski definition) is 8. The van der Waals surface area contributed by atoms with Gasteiger partial charge in [0.15, 0.2) is 0 Å². The van der Waals surface area contributed by atoms with Gasteiger partial charge in [-0.25, -0.2) is 9.59 Å². The monoisotopic (exact) mass is 688 g/mol. The fourth-order valence-corrected chi connectivity index (χ4v) is 6.97. The van der Waals surface area contributed by atoms with Gasteiger partial charge in [-0.15, -0.1) is 0 Å². The number of methoxy groups -OCH3 is 1. The molecule has 0 bridgehead atoms. The average molecular weight is 689 g/mol. The lowest BCUT2D eigenvalue weighted by atomic mass is 9.82. The maximum Gasteiger partial charge on any atom is 0.412 e. The highest BCUT2D eigenvalue weighted by molar-refractivity contribution is 5.98. The molecule has 0 radical (unpaired) electrons. The molecule has 0 unspecified atom stereocenters.